The summed E-state index contributed by atoms with van der Waals surface area (Å²) in [6.07, 6.45) is 1.19. The number of aryl methyl sites for hydroxylation is 1. The van der Waals surface area contributed by atoms with Gasteiger partial charge >= 0.3 is 0 Å². The minimum Gasteiger partial charge on any atom is -0.493 e. The summed E-state index contributed by atoms with van der Waals surface area (Å²) in [7, 11) is -0.0687. The maximum Gasteiger partial charge on any atom is 0.175 e. The molecule has 30 heavy (non-hydrogen) atoms. The Balaban J connectivity index is 1.84. The van der Waals surface area contributed by atoms with Gasteiger partial charge in [-0.15, -0.1) is 0 Å². The van der Waals surface area contributed by atoms with Crippen LogP contribution in [-0.2, 0) is 9.84 Å². The van der Waals surface area contributed by atoms with Crippen LogP contribution in [-0.4, -0.2) is 43.5 Å². The van der Waals surface area contributed by atoms with Crippen LogP contribution < -0.4 is 9.47 Å². The third-order valence-electron chi connectivity index (χ3n) is 4.89. The summed E-state index contributed by atoms with van der Waals surface area (Å²) in [5, 5.41) is 4.78. The van der Waals surface area contributed by atoms with Gasteiger partial charge in [0.15, 0.2) is 27.0 Å². The van der Waals surface area contributed by atoms with Gasteiger partial charge in [-0.2, -0.15) is 5.10 Å². The van der Waals surface area contributed by atoms with E-state index in [4.69, 9.17) is 14.6 Å². The van der Waals surface area contributed by atoms with Crippen molar-refractivity contribution in [2.45, 2.75) is 11.8 Å². The first-order valence-electron chi connectivity index (χ1n) is 9.21. The number of nitrogens with zero attached hydrogens (tertiary/aromatic N) is 3. The fraction of sp³-hybridized carbons (Fsp3) is 0.182. The summed E-state index contributed by atoms with van der Waals surface area (Å²) in [5.41, 5.74) is 4.78. The molecule has 8 heteroatoms. The molecule has 2 aromatic carbocycles. The van der Waals surface area contributed by atoms with Gasteiger partial charge in [0.2, 0.25) is 0 Å². The summed E-state index contributed by atoms with van der Waals surface area (Å²) in [5.74, 6) is 1.27. The van der Waals surface area contributed by atoms with Gasteiger partial charge < -0.3 is 9.47 Å². The molecule has 154 valence electrons. The van der Waals surface area contributed by atoms with Crippen molar-refractivity contribution in [1.29, 1.82) is 0 Å². The highest BCUT2D eigenvalue weighted by atomic mass is 32.2. The third kappa shape index (κ3) is 3.50. The lowest BCUT2D eigenvalue weighted by Gasteiger charge is -2.10. The van der Waals surface area contributed by atoms with Crippen molar-refractivity contribution < 1.29 is 17.9 Å². The monoisotopic (exact) mass is 423 g/mol. The van der Waals surface area contributed by atoms with E-state index >= 15 is 0 Å². The zero-order valence-electron chi connectivity index (χ0n) is 17.1. The van der Waals surface area contributed by atoms with E-state index in [1.807, 2.05) is 37.3 Å². The van der Waals surface area contributed by atoms with Crippen molar-refractivity contribution in [2.75, 3.05) is 20.5 Å². The Morgan fingerprint density at radius 1 is 0.867 bits per heavy atom. The molecule has 2 aromatic heterocycles. The van der Waals surface area contributed by atoms with E-state index in [1.165, 1.54) is 6.26 Å². The van der Waals surface area contributed by atoms with Crippen LogP contribution in [0.25, 0.3) is 28.2 Å². The van der Waals surface area contributed by atoms with Gasteiger partial charge in [-0.25, -0.2) is 17.9 Å². The molecular formula is C22H21N3O4S. The van der Waals surface area contributed by atoms with Gasteiger partial charge in [0.05, 0.1) is 36.2 Å². The van der Waals surface area contributed by atoms with Crippen LogP contribution in [0.3, 0.4) is 0 Å². The third-order valence-corrected chi connectivity index (χ3v) is 6.02. The molecule has 0 unspecified atom stereocenters. The summed E-state index contributed by atoms with van der Waals surface area (Å²) in [4.78, 5) is 4.87. The van der Waals surface area contributed by atoms with Gasteiger partial charge in [-0.3, -0.25) is 0 Å². The Morgan fingerprint density at radius 2 is 1.53 bits per heavy atom. The fourth-order valence-corrected chi connectivity index (χ4v) is 4.01. The number of fused-ring (bicyclic) bond motifs is 1. The number of sulfone groups is 1. The summed E-state index contributed by atoms with van der Waals surface area (Å²) in [6.45, 7) is 1.91. The first-order valence-corrected chi connectivity index (χ1v) is 11.1. The van der Waals surface area contributed by atoms with E-state index in [0.717, 1.165) is 28.2 Å². The van der Waals surface area contributed by atoms with Crippen molar-refractivity contribution in [1.82, 2.24) is 14.6 Å². The van der Waals surface area contributed by atoms with Crippen LogP contribution in [0.1, 0.15) is 5.69 Å². The molecule has 0 N–H and O–H groups in total. The van der Waals surface area contributed by atoms with Gasteiger partial charge in [0.25, 0.3) is 0 Å². The molecule has 0 saturated carbocycles. The largest absolute Gasteiger partial charge is 0.493 e. The molecule has 0 saturated heterocycles. The fourth-order valence-electron chi connectivity index (χ4n) is 3.38. The number of hydrogen-bond acceptors (Lipinski definition) is 6. The summed E-state index contributed by atoms with van der Waals surface area (Å²) >= 11 is 0. The van der Waals surface area contributed by atoms with Gasteiger partial charge in [0.1, 0.15) is 0 Å². The predicted octanol–water partition coefficient (Wildman–Crippen LogP) is 3.79. The highest BCUT2D eigenvalue weighted by Gasteiger charge is 2.15. The van der Waals surface area contributed by atoms with Crippen molar-refractivity contribution in [3.8, 4) is 34.0 Å². The molecular weight excluding hydrogens is 402 g/mol. The highest BCUT2D eigenvalue weighted by molar-refractivity contribution is 7.90. The molecule has 0 bridgehead atoms. The van der Waals surface area contributed by atoms with Crippen LogP contribution in [0.5, 0.6) is 11.5 Å². The quantitative estimate of drug-likeness (QED) is 0.486. The first-order chi connectivity index (χ1) is 14.3. The molecule has 0 amide bonds. The number of methoxy groups -OCH3 is 2. The molecule has 2 heterocycles. The van der Waals surface area contributed by atoms with Gasteiger partial charge in [-0.05, 0) is 49.4 Å². The van der Waals surface area contributed by atoms with Crippen LogP contribution in [0.2, 0.25) is 0 Å². The predicted molar refractivity (Wildman–Crippen MR) is 115 cm³/mol. The Kier molecular flexibility index (Phi) is 4.95. The van der Waals surface area contributed by atoms with Crippen LogP contribution in [0.4, 0.5) is 0 Å². The number of ether oxygens (including phenoxy) is 2. The van der Waals surface area contributed by atoms with Crippen molar-refractivity contribution >= 4 is 15.5 Å². The SMILES string of the molecule is COc1ccc(-c2ccc3nc(C)c(-c4ccc(S(C)(=O)=O)cc4)n3n2)cc1OC. The van der Waals surface area contributed by atoms with Crippen LogP contribution in [0.15, 0.2) is 59.5 Å². The van der Waals surface area contributed by atoms with E-state index in [9.17, 15) is 8.42 Å². The normalized spacial score (nSPS) is 11.6. The highest BCUT2D eigenvalue weighted by Crippen LogP contribution is 2.32. The lowest BCUT2D eigenvalue weighted by Crippen LogP contribution is -1.99. The zero-order chi connectivity index (χ0) is 21.5. The summed E-state index contributed by atoms with van der Waals surface area (Å²) in [6, 6.07) is 16.2. The Bertz CT molecular complexity index is 1340. The first kappa shape index (κ1) is 19.9. The number of rotatable bonds is 5. The molecule has 0 aliphatic carbocycles. The van der Waals surface area contributed by atoms with E-state index < -0.39 is 9.84 Å². The molecule has 0 aliphatic rings. The van der Waals surface area contributed by atoms with Crippen molar-refractivity contribution in [2.24, 2.45) is 0 Å². The molecule has 0 fully saturated rings. The molecule has 4 rings (SSSR count). The van der Waals surface area contributed by atoms with E-state index in [1.54, 1.807) is 43.0 Å². The molecule has 0 spiro atoms. The number of benzene rings is 2. The Morgan fingerprint density at radius 3 is 2.17 bits per heavy atom. The van der Waals surface area contributed by atoms with E-state index in [2.05, 4.69) is 4.98 Å². The second-order valence-electron chi connectivity index (χ2n) is 6.90. The maximum absolute atomic E-state index is 11.8. The standard InChI is InChI=1S/C22H21N3O4S/c1-14-22(15-5-8-17(9-6-15)30(4,26)27)25-21(23-14)12-10-18(24-25)16-7-11-19(28-2)20(13-16)29-3/h5-13H,1-4H3. The minimum atomic E-state index is -3.26. The molecule has 4 aromatic rings. The second kappa shape index (κ2) is 7.46. The lowest BCUT2D eigenvalue weighted by atomic mass is 10.1. The summed E-state index contributed by atoms with van der Waals surface area (Å²) < 4.78 is 36.0. The zero-order valence-corrected chi connectivity index (χ0v) is 17.9. The molecule has 0 aliphatic heterocycles. The number of imidazole rings is 1. The molecule has 7 nitrogen and oxygen atoms in total. The maximum atomic E-state index is 11.8. The Labute approximate surface area is 174 Å². The van der Waals surface area contributed by atoms with E-state index in [-0.39, 0.29) is 4.90 Å². The average molecular weight is 423 g/mol. The lowest BCUT2D eigenvalue weighted by molar-refractivity contribution is 0.355. The van der Waals surface area contributed by atoms with Crippen molar-refractivity contribution in [3.63, 3.8) is 0 Å². The van der Waals surface area contributed by atoms with Crippen LogP contribution in [0, 0.1) is 6.92 Å². The van der Waals surface area contributed by atoms with Crippen molar-refractivity contribution in [3.05, 3.63) is 60.3 Å². The average Bonchev–Trinajstić information content (AvgIpc) is 3.07. The van der Waals surface area contributed by atoms with Gasteiger partial charge in [-0.1, -0.05) is 12.1 Å². The second-order valence-corrected chi connectivity index (χ2v) is 8.92. The topological polar surface area (TPSA) is 82.8 Å². The smallest absolute Gasteiger partial charge is 0.175 e. The van der Waals surface area contributed by atoms with Crippen LogP contribution >= 0.6 is 0 Å². The minimum absolute atomic E-state index is 0.275. The Hall–Kier alpha value is -3.39. The van der Waals surface area contributed by atoms with E-state index in [0.29, 0.717) is 17.1 Å². The van der Waals surface area contributed by atoms with Gasteiger partial charge in [0, 0.05) is 17.4 Å². The molecule has 0 radical (unpaired) electrons. The number of aromatic nitrogens is 3. The number of hydrogen-bond donors (Lipinski definition) is 0. The molecule has 0 atom stereocenters.